The zero-order valence-electron chi connectivity index (χ0n) is 12.6. The van der Waals surface area contributed by atoms with E-state index in [4.69, 9.17) is 5.11 Å². The van der Waals surface area contributed by atoms with Gasteiger partial charge in [-0.2, -0.15) is 13.2 Å². The maximum Gasteiger partial charge on any atom is 0.412 e. The molecule has 0 spiro atoms. The number of hydrogen-bond donors (Lipinski definition) is 3. The van der Waals surface area contributed by atoms with E-state index < -0.39 is 17.7 Å². The van der Waals surface area contributed by atoms with Crippen molar-refractivity contribution in [1.82, 2.24) is 15.5 Å². The van der Waals surface area contributed by atoms with E-state index in [1.54, 1.807) is 4.90 Å². The van der Waals surface area contributed by atoms with Crippen molar-refractivity contribution in [3.8, 4) is 0 Å². The summed E-state index contributed by atoms with van der Waals surface area (Å²) in [6, 6.07) is 8.31. The summed E-state index contributed by atoms with van der Waals surface area (Å²) in [6.45, 7) is -0.0642. The van der Waals surface area contributed by atoms with E-state index >= 15 is 0 Å². The summed E-state index contributed by atoms with van der Waals surface area (Å²) in [5.41, 5.74) is -1.34. The number of carbonyl (C=O) groups is 1. The van der Waals surface area contributed by atoms with Gasteiger partial charge in [-0.05, 0) is 12.0 Å². The van der Waals surface area contributed by atoms with E-state index in [1.165, 1.54) is 0 Å². The predicted molar refractivity (Wildman–Crippen MR) is 78.7 cm³/mol. The number of urea groups is 1. The Balaban J connectivity index is 2.04. The molecule has 1 fully saturated rings. The normalized spacial score (nSPS) is 22.1. The maximum atomic E-state index is 13.5. The highest BCUT2D eigenvalue weighted by atomic mass is 19.4. The highest BCUT2D eigenvalue weighted by Crippen LogP contribution is 2.38. The van der Waals surface area contributed by atoms with Gasteiger partial charge in [0.25, 0.3) is 0 Å². The predicted octanol–water partition coefficient (Wildman–Crippen LogP) is 1.48. The molecule has 128 valence electrons. The van der Waals surface area contributed by atoms with E-state index in [9.17, 15) is 18.0 Å². The van der Waals surface area contributed by atoms with Crippen LogP contribution in [0.25, 0.3) is 0 Å². The smallest absolute Gasteiger partial charge is 0.395 e. The van der Waals surface area contributed by atoms with Gasteiger partial charge in [-0.1, -0.05) is 30.3 Å². The van der Waals surface area contributed by atoms with Crippen LogP contribution >= 0.6 is 0 Å². The van der Waals surface area contributed by atoms with Crippen LogP contribution in [0.4, 0.5) is 18.0 Å². The van der Waals surface area contributed by atoms with Crippen LogP contribution in [0.15, 0.2) is 30.3 Å². The first-order valence-electron chi connectivity index (χ1n) is 7.36. The minimum Gasteiger partial charge on any atom is -0.395 e. The van der Waals surface area contributed by atoms with Crippen molar-refractivity contribution in [2.45, 2.75) is 24.7 Å². The molecule has 5 nitrogen and oxygen atoms in total. The minimum absolute atomic E-state index is 0.0898. The number of halogens is 3. The first-order valence-corrected chi connectivity index (χ1v) is 7.36. The molecule has 3 N–H and O–H groups in total. The second-order valence-corrected chi connectivity index (χ2v) is 5.63. The molecule has 1 atom stereocenters. The number of nitrogens with one attached hydrogen (secondary N) is 2. The van der Waals surface area contributed by atoms with Crippen molar-refractivity contribution >= 4 is 6.03 Å². The zero-order chi connectivity index (χ0) is 16.9. The van der Waals surface area contributed by atoms with Crippen LogP contribution in [0.2, 0.25) is 0 Å². The van der Waals surface area contributed by atoms with Gasteiger partial charge in [-0.3, -0.25) is 4.90 Å². The Morgan fingerprint density at radius 3 is 2.61 bits per heavy atom. The Bertz CT molecular complexity index is 524. The molecule has 1 aromatic rings. The average molecular weight is 331 g/mol. The highest BCUT2D eigenvalue weighted by Gasteiger charge is 2.58. The molecule has 0 radical (unpaired) electrons. The number of aliphatic hydroxyl groups excluding tert-OH is 1. The standard InChI is InChI=1S/C15H20F3N3O2/c16-15(17,18)14(20-13(23)19-7-9-22)6-8-21(11-14)10-12-4-2-1-3-5-12/h1-5,22H,6-11H2,(H2,19,20,23). The Labute approximate surface area is 132 Å². The Hall–Kier alpha value is -1.80. The molecule has 1 unspecified atom stereocenters. The van der Waals surface area contributed by atoms with E-state index in [1.807, 2.05) is 30.3 Å². The molecule has 8 heteroatoms. The summed E-state index contributed by atoms with van der Waals surface area (Å²) in [5, 5.41) is 12.9. The van der Waals surface area contributed by atoms with Crippen LogP contribution in [0.1, 0.15) is 12.0 Å². The maximum absolute atomic E-state index is 13.5. The first kappa shape index (κ1) is 17.6. The Morgan fingerprint density at radius 1 is 1.30 bits per heavy atom. The number of carbonyl (C=O) groups excluding carboxylic acids is 1. The third-order valence-corrected chi connectivity index (χ3v) is 3.89. The average Bonchev–Trinajstić information content (AvgIpc) is 2.90. The molecular formula is C15H20F3N3O2. The molecule has 2 rings (SSSR count). The van der Waals surface area contributed by atoms with Crippen LogP contribution in [0.5, 0.6) is 0 Å². The lowest BCUT2D eigenvalue weighted by molar-refractivity contribution is -0.189. The molecule has 0 aromatic heterocycles. The quantitative estimate of drug-likeness (QED) is 0.766. The fourth-order valence-corrected chi connectivity index (χ4v) is 2.70. The van der Waals surface area contributed by atoms with Gasteiger partial charge in [0.15, 0.2) is 5.54 Å². The van der Waals surface area contributed by atoms with Crippen molar-refractivity contribution < 1.29 is 23.1 Å². The van der Waals surface area contributed by atoms with Gasteiger partial charge in [0.2, 0.25) is 0 Å². The summed E-state index contributed by atoms with van der Waals surface area (Å²) >= 11 is 0. The van der Waals surface area contributed by atoms with Crippen molar-refractivity contribution in [1.29, 1.82) is 0 Å². The molecule has 0 aliphatic carbocycles. The van der Waals surface area contributed by atoms with E-state index in [0.29, 0.717) is 6.54 Å². The number of alkyl halides is 3. The lowest BCUT2D eigenvalue weighted by atomic mass is 9.98. The number of aliphatic hydroxyl groups is 1. The molecule has 1 saturated heterocycles. The second kappa shape index (κ2) is 7.18. The van der Waals surface area contributed by atoms with Crippen LogP contribution in [-0.2, 0) is 6.54 Å². The molecule has 0 bridgehead atoms. The summed E-state index contributed by atoms with van der Waals surface area (Å²) in [6.07, 6.45) is -4.75. The third kappa shape index (κ3) is 4.35. The lowest BCUT2D eigenvalue weighted by Crippen LogP contribution is -2.62. The Morgan fingerprint density at radius 2 is 2.00 bits per heavy atom. The number of benzene rings is 1. The van der Waals surface area contributed by atoms with Gasteiger partial charge in [0, 0.05) is 26.2 Å². The van der Waals surface area contributed by atoms with Gasteiger partial charge in [0.1, 0.15) is 0 Å². The van der Waals surface area contributed by atoms with Crippen LogP contribution in [-0.4, -0.2) is 54.0 Å². The number of rotatable bonds is 5. The number of amides is 2. The third-order valence-electron chi connectivity index (χ3n) is 3.89. The molecule has 23 heavy (non-hydrogen) atoms. The summed E-state index contributed by atoms with van der Waals surface area (Å²) in [5.74, 6) is 0. The largest absolute Gasteiger partial charge is 0.412 e. The molecular weight excluding hydrogens is 311 g/mol. The van der Waals surface area contributed by atoms with Gasteiger partial charge in [0.05, 0.1) is 6.61 Å². The highest BCUT2D eigenvalue weighted by molar-refractivity contribution is 5.75. The monoisotopic (exact) mass is 331 g/mol. The van der Waals surface area contributed by atoms with E-state index in [-0.39, 0.29) is 32.7 Å². The summed E-state index contributed by atoms with van der Waals surface area (Å²) < 4.78 is 40.5. The molecule has 2 amide bonds. The van der Waals surface area contributed by atoms with Crippen LogP contribution in [0.3, 0.4) is 0 Å². The van der Waals surface area contributed by atoms with Crippen LogP contribution in [0, 0.1) is 0 Å². The lowest BCUT2D eigenvalue weighted by Gasteiger charge is -2.33. The number of likely N-dealkylation sites (tertiary alicyclic amines) is 1. The fraction of sp³-hybridized carbons (Fsp3) is 0.533. The second-order valence-electron chi connectivity index (χ2n) is 5.63. The SMILES string of the molecule is O=C(NCCO)NC1(C(F)(F)F)CCN(Cc2ccccc2)C1. The Kier molecular flexibility index (Phi) is 5.48. The zero-order valence-corrected chi connectivity index (χ0v) is 12.6. The molecule has 0 saturated carbocycles. The summed E-state index contributed by atoms with van der Waals surface area (Å²) in [4.78, 5) is 13.3. The molecule has 1 aliphatic rings. The van der Waals surface area contributed by atoms with Gasteiger partial charge >= 0.3 is 12.2 Å². The van der Waals surface area contributed by atoms with Gasteiger partial charge in [-0.15, -0.1) is 0 Å². The number of hydrogen-bond acceptors (Lipinski definition) is 3. The van der Waals surface area contributed by atoms with Crippen molar-refractivity contribution in [3.63, 3.8) is 0 Å². The topological polar surface area (TPSA) is 64.6 Å². The fourth-order valence-electron chi connectivity index (χ4n) is 2.70. The molecule has 1 aromatic carbocycles. The first-order chi connectivity index (χ1) is 10.9. The van der Waals surface area contributed by atoms with Gasteiger partial charge < -0.3 is 15.7 Å². The van der Waals surface area contributed by atoms with E-state index in [2.05, 4.69) is 10.6 Å². The van der Waals surface area contributed by atoms with Crippen molar-refractivity contribution in [2.75, 3.05) is 26.2 Å². The van der Waals surface area contributed by atoms with E-state index in [0.717, 1.165) is 5.56 Å². The minimum atomic E-state index is -4.55. The molecule has 1 heterocycles. The molecule has 1 aliphatic heterocycles. The van der Waals surface area contributed by atoms with Crippen molar-refractivity contribution in [2.24, 2.45) is 0 Å². The van der Waals surface area contributed by atoms with Crippen LogP contribution < -0.4 is 10.6 Å². The van der Waals surface area contributed by atoms with Crippen molar-refractivity contribution in [3.05, 3.63) is 35.9 Å². The number of nitrogens with zero attached hydrogens (tertiary/aromatic N) is 1. The summed E-state index contributed by atoms with van der Waals surface area (Å²) in [7, 11) is 0. The van der Waals surface area contributed by atoms with Gasteiger partial charge in [-0.25, -0.2) is 4.79 Å².